The van der Waals surface area contributed by atoms with E-state index < -0.39 is 5.60 Å². The fourth-order valence-electron chi connectivity index (χ4n) is 4.13. The zero-order chi connectivity index (χ0) is 20.3. The van der Waals surface area contributed by atoms with E-state index >= 15 is 0 Å². The lowest BCUT2D eigenvalue weighted by Crippen LogP contribution is -2.43. The number of nitrogens with one attached hydrogen (secondary N) is 1. The van der Waals surface area contributed by atoms with Gasteiger partial charge in [0.2, 0.25) is 5.91 Å². The Morgan fingerprint density at radius 1 is 1.14 bits per heavy atom. The first-order valence-electron chi connectivity index (χ1n) is 10.3. The van der Waals surface area contributed by atoms with Crippen LogP contribution in [-0.4, -0.2) is 42.2 Å². The van der Waals surface area contributed by atoms with E-state index in [9.17, 15) is 14.3 Å². The van der Waals surface area contributed by atoms with Crippen molar-refractivity contribution >= 4 is 11.6 Å². The van der Waals surface area contributed by atoms with Gasteiger partial charge >= 0.3 is 0 Å². The second kappa shape index (κ2) is 8.51. The molecule has 0 saturated carbocycles. The number of likely N-dealkylation sites (tertiary alicyclic amines) is 1. The number of fused-ring (bicyclic) bond motifs is 1. The molecule has 2 aliphatic heterocycles. The van der Waals surface area contributed by atoms with Crippen LogP contribution in [0.3, 0.4) is 0 Å². The van der Waals surface area contributed by atoms with Crippen LogP contribution in [0.5, 0.6) is 5.75 Å². The van der Waals surface area contributed by atoms with E-state index in [1.807, 2.05) is 18.2 Å². The Morgan fingerprint density at radius 3 is 2.76 bits per heavy atom. The van der Waals surface area contributed by atoms with Gasteiger partial charge in [-0.3, -0.25) is 4.79 Å². The summed E-state index contributed by atoms with van der Waals surface area (Å²) in [7, 11) is 0. The minimum atomic E-state index is -0.942. The van der Waals surface area contributed by atoms with Gasteiger partial charge in [0.1, 0.15) is 11.6 Å². The van der Waals surface area contributed by atoms with Crippen LogP contribution in [0, 0.1) is 5.82 Å². The highest BCUT2D eigenvalue weighted by atomic mass is 19.1. The average Bonchev–Trinajstić information content (AvgIpc) is 2.72. The Hall–Kier alpha value is -2.44. The number of nitrogens with zero attached hydrogens (tertiary/aromatic N) is 1. The van der Waals surface area contributed by atoms with Crippen LogP contribution in [0.4, 0.5) is 10.1 Å². The first-order chi connectivity index (χ1) is 14.0. The number of amides is 1. The predicted octanol–water partition coefficient (Wildman–Crippen LogP) is 3.46. The Balaban J connectivity index is 1.21. The molecule has 2 aromatic carbocycles. The molecule has 0 bridgehead atoms. The summed E-state index contributed by atoms with van der Waals surface area (Å²) >= 11 is 0. The second-order valence-electron chi connectivity index (χ2n) is 7.95. The van der Waals surface area contributed by atoms with Crippen LogP contribution >= 0.6 is 0 Å². The maximum Gasteiger partial charge on any atom is 0.224 e. The van der Waals surface area contributed by atoms with Crippen molar-refractivity contribution in [2.45, 2.75) is 37.7 Å². The van der Waals surface area contributed by atoms with E-state index in [1.165, 1.54) is 12.1 Å². The van der Waals surface area contributed by atoms with Gasteiger partial charge in [-0.05, 0) is 55.0 Å². The zero-order valence-electron chi connectivity index (χ0n) is 16.5. The van der Waals surface area contributed by atoms with E-state index in [1.54, 1.807) is 12.1 Å². The normalized spacial score (nSPS) is 18.8. The fourth-order valence-corrected chi connectivity index (χ4v) is 4.13. The van der Waals surface area contributed by atoms with Crippen molar-refractivity contribution in [2.75, 3.05) is 31.6 Å². The second-order valence-corrected chi connectivity index (χ2v) is 7.95. The molecule has 1 fully saturated rings. The van der Waals surface area contributed by atoms with Gasteiger partial charge in [-0.2, -0.15) is 0 Å². The van der Waals surface area contributed by atoms with Crippen molar-refractivity contribution in [2.24, 2.45) is 0 Å². The molecule has 0 atom stereocenters. The molecule has 2 heterocycles. The summed E-state index contributed by atoms with van der Waals surface area (Å²) in [5.41, 5.74) is 1.73. The van der Waals surface area contributed by atoms with Crippen LogP contribution in [-0.2, 0) is 16.8 Å². The minimum absolute atomic E-state index is 0.0537. The third-order valence-electron chi connectivity index (χ3n) is 5.91. The fraction of sp³-hybridized carbons (Fsp3) is 0.435. The molecular weight excluding hydrogens is 371 g/mol. The summed E-state index contributed by atoms with van der Waals surface area (Å²) in [6, 6.07) is 12.2. The number of rotatable bonds is 6. The smallest absolute Gasteiger partial charge is 0.224 e. The highest BCUT2D eigenvalue weighted by molar-refractivity contribution is 5.94. The number of aliphatic hydroxyl groups is 1. The number of halogens is 1. The standard InChI is InChI=1S/C23H27FN2O3/c24-19-4-1-3-18(15-19)23(28)9-12-26(13-10-23)11-2-14-29-20-7-5-17-6-8-22(27)25-21(17)16-20/h1,3-5,7,15-16,28H,2,6,8-14H2,(H,25,27). The molecule has 4 rings (SSSR count). The Kier molecular flexibility index (Phi) is 5.83. The lowest BCUT2D eigenvalue weighted by molar-refractivity contribution is -0.116. The minimum Gasteiger partial charge on any atom is -0.493 e. The predicted molar refractivity (Wildman–Crippen MR) is 109 cm³/mol. The van der Waals surface area contributed by atoms with Gasteiger partial charge in [0, 0.05) is 37.8 Å². The maximum absolute atomic E-state index is 13.5. The van der Waals surface area contributed by atoms with Crippen molar-refractivity contribution < 1.29 is 19.0 Å². The highest BCUT2D eigenvalue weighted by Crippen LogP contribution is 2.33. The maximum atomic E-state index is 13.5. The third kappa shape index (κ3) is 4.77. The van der Waals surface area contributed by atoms with Crippen LogP contribution in [0.25, 0.3) is 0 Å². The lowest BCUT2D eigenvalue weighted by atomic mass is 9.84. The summed E-state index contributed by atoms with van der Waals surface area (Å²) in [6.07, 6.45) is 3.39. The molecule has 154 valence electrons. The molecule has 0 aromatic heterocycles. The molecule has 2 aromatic rings. The van der Waals surface area contributed by atoms with Crippen LogP contribution in [0.1, 0.15) is 36.8 Å². The summed E-state index contributed by atoms with van der Waals surface area (Å²) in [5, 5.41) is 13.8. The largest absolute Gasteiger partial charge is 0.493 e. The quantitative estimate of drug-likeness (QED) is 0.732. The first kappa shape index (κ1) is 19.9. The van der Waals surface area contributed by atoms with E-state index in [0.29, 0.717) is 31.4 Å². The van der Waals surface area contributed by atoms with Crippen molar-refractivity contribution in [3.05, 3.63) is 59.4 Å². The van der Waals surface area contributed by atoms with E-state index in [-0.39, 0.29) is 11.7 Å². The highest BCUT2D eigenvalue weighted by Gasteiger charge is 2.33. The number of aryl methyl sites for hydroxylation is 1. The monoisotopic (exact) mass is 398 g/mol. The average molecular weight is 398 g/mol. The van der Waals surface area contributed by atoms with E-state index in [2.05, 4.69) is 10.2 Å². The Bertz CT molecular complexity index is 878. The van der Waals surface area contributed by atoms with Crippen molar-refractivity contribution in [1.82, 2.24) is 4.90 Å². The summed E-state index contributed by atoms with van der Waals surface area (Å²) in [5.74, 6) is 0.514. The molecular formula is C23H27FN2O3. The van der Waals surface area contributed by atoms with Gasteiger partial charge in [0.05, 0.1) is 12.2 Å². The number of ether oxygens (including phenoxy) is 1. The Labute approximate surface area is 170 Å². The number of piperidine rings is 1. The topological polar surface area (TPSA) is 61.8 Å². The summed E-state index contributed by atoms with van der Waals surface area (Å²) in [4.78, 5) is 13.8. The van der Waals surface area contributed by atoms with Gasteiger partial charge < -0.3 is 20.1 Å². The van der Waals surface area contributed by atoms with Gasteiger partial charge in [-0.15, -0.1) is 0 Å². The molecule has 5 nitrogen and oxygen atoms in total. The van der Waals surface area contributed by atoms with Gasteiger partial charge in [0.15, 0.2) is 0 Å². The number of hydrogen-bond donors (Lipinski definition) is 2. The first-order valence-corrected chi connectivity index (χ1v) is 10.3. The molecule has 0 aliphatic carbocycles. The van der Waals surface area contributed by atoms with Gasteiger partial charge in [0.25, 0.3) is 0 Å². The van der Waals surface area contributed by atoms with Crippen molar-refractivity contribution in [1.29, 1.82) is 0 Å². The molecule has 2 aliphatic rings. The third-order valence-corrected chi connectivity index (χ3v) is 5.91. The van der Waals surface area contributed by atoms with Crippen LogP contribution < -0.4 is 10.1 Å². The molecule has 2 N–H and O–H groups in total. The van der Waals surface area contributed by atoms with Crippen LogP contribution in [0.15, 0.2) is 42.5 Å². The molecule has 0 radical (unpaired) electrons. The zero-order valence-corrected chi connectivity index (χ0v) is 16.5. The van der Waals surface area contributed by atoms with Gasteiger partial charge in [-0.25, -0.2) is 4.39 Å². The number of carbonyl (C=O) groups excluding carboxylic acids is 1. The lowest BCUT2D eigenvalue weighted by Gasteiger charge is -2.38. The van der Waals surface area contributed by atoms with E-state index in [0.717, 1.165) is 49.5 Å². The number of carbonyl (C=O) groups is 1. The molecule has 1 amide bonds. The van der Waals surface area contributed by atoms with Gasteiger partial charge in [-0.1, -0.05) is 18.2 Å². The number of hydrogen-bond acceptors (Lipinski definition) is 4. The number of benzene rings is 2. The Morgan fingerprint density at radius 2 is 1.97 bits per heavy atom. The summed E-state index contributed by atoms with van der Waals surface area (Å²) in [6.45, 7) is 3.04. The molecule has 1 saturated heterocycles. The molecule has 6 heteroatoms. The van der Waals surface area contributed by atoms with Crippen molar-refractivity contribution in [3.8, 4) is 5.75 Å². The van der Waals surface area contributed by atoms with E-state index in [4.69, 9.17) is 4.74 Å². The van der Waals surface area contributed by atoms with Crippen molar-refractivity contribution in [3.63, 3.8) is 0 Å². The molecule has 0 spiro atoms. The summed E-state index contributed by atoms with van der Waals surface area (Å²) < 4.78 is 19.3. The SMILES string of the molecule is O=C1CCc2ccc(OCCCN3CCC(O)(c4cccc(F)c4)CC3)cc2N1. The van der Waals surface area contributed by atoms with Crippen LogP contribution in [0.2, 0.25) is 0 Å². The number of anilines is 1. The molecule has 0 unspecified atom stereocenters. The molecule has 29 heavy (non-hydrogen) atoms.